The van der Waals surface area contributed by atoms with Crippen molar-refractivity contribution in [3.8, 4) is 0 Å². The molecule has 0 amide bonds. The quantitative estimate of drug-likeness (QED) is 0.770. The Morgan fingerprint density at radius 2 is 1.70 bits per heavy atom. The van der Waals surface area contributed by atoms with Gasteiger partial charge in [-0.1, -0.05) is 24.3 Å². The minimum Gasteiger partial charge on any atom is -0.224 e. The van der Waals surface area contributed by atoms with Gasteiger partial charge >= 0.3 is 0 Å². The Bertz CT molecular complexity index is 766. The van der Waals surface area contributed by atoms with E-state index in [1.54, 1.807) is 0 Å². The molecule has 0 radical (unpaired) electrons. The summed E-state index contributed by atoms with van der Waals surface area (Å²) < 4.78 is 37.4. The summed E-state index contributed by atoms with van der Waals surface area (Å²) in [7, 11) is -3.31. The second-order valence-electron chi connectivity index (χ2n) is 6.29. The van der Waals surface area contributed by atoms with Gasteiger partial charge in [-0.25, -0.2) is 12.8 Å². The van der Waals surface area contributed by atoms with E-state index in [4.69, 9.17) is 0 Å². The first-order valence-electron chi connectivity index (χ1n) is 8.10. The van der Waals surface area contributed by atoms with Crippen LogP contribution in [0, 0.1) is 11.7 Å². The molecule has 0 aromatic heterocycles. The van der Waals surface area contributed by atoms with Crippen LogP contribution in [0.3, 0.4) is 0 Å². The molecule has 0 aliphatic heterocycles. The van der Waals surface area contributed by atoms with E-state index >= 15 is 0 Å². The highest BCUT2D eigenvalue weighted by atomic mass is 32.2. The molecule has 0 fully saturated rings. The van der Waals surface area contributed by atoms with Crippen LogP contribution in [0.2, 0.25) is 0 Å². The monoisotopic (exact) mass is 332 g/mol. The van der Waals surface area contributed by atoms with Crippen LogP contribution in [-0.2, 0) is 22.7 Å². The van der Waals surface area contributed by atoms with Crippen LogP contribution in [0.5, 0.6) is 0 Å². The van der Waals surface area contributed by atoms with Gasteiger partial charge in [-0.3, -0.25) is 0 Å². The Balaban J connectivity index is 1.55. The van der Waals surface area contributed by atoms with Crippen molar-refractivity contribution in [1.29, 1.82) is 0 Å². The third-order valence-corrected chi connectivity index (χ3v) is 6.46. The zero-order chi connectivity index (χ0) is 16.3. The molecule has 2 nitrogen and oxygen atoms in total. The molecule has 0 bridgehead atoms. The number of aryl methyl sites for hydroxylation is 1. The van der Waals surface area contributed by atoms with Crippen molar-refractivity contribution in [2.24, 2.45) is 5.92 Å². The van der Waals surface area contributed by atoms with Gasteiger partial charge in [0.2, 0.25) is 0 Å². The van der Waals surface area contributed by atoms with Gasteiger partial charge in [0.1, 0.15) is 5.82 Å². The molecular formula is C19H21FO2S. The van der Waals surface area contributed by atoms with Crippen LogP contribution in [0.1, 0.15) is 30.4 Å². The smallest absolute Gasteiger partial charge is 0.178 e. The zero-order valence-electron chi connectivity index (χ0n) is 13.0. The van der Waals surface area contributed by atoms with E-state index in [9.17, 15) is 12.8 Å². The predicted octanol–water partition coefficient (Wildman–Crippen LogP) is 4.18. The van der Waals surface area contributed by atoms with Crippen molar-refractivity contribution < 1.29 is 12.8 Å². The molecule has 0 spiro atoms. The summed E-state index contributed by atoms with van der Waals surface area (Å²) in [5, 5.41) is 0. The van der Waals surface area contributed by atoms with Crippen molar-refractivity contribution >= 4 is 9.84 Å². The van der Waals surface area contributed by atoms with Gasteiger partial charge in [-0.2, -0.15) is 0 Å². The van der Waals surface area contributed by atoms with Crippen LogP contribution in [0.25, 0.3) is 0 Å². The molecule has 0 saturated carbocycles. The standard InChI is InChI=1S/C19H21FO2S/c20-18-9-11-19(12-10-18)23(21,22)13-3-4-15-7-8-16-5-1-2-6-17(16)14-15/h1-2,5-6,9-12,15H,3-4,7-8,13-14H2. The Hall–Kier alpha value is -1.68. The summed E-state index contributed by atoms with van der Waals surface area (Å²) >= 11 is 0. The van der Waals surface area contributed by atoms with Crippen LogP contribution in [0.15, 0.2) is 53.4 Å². The lowest BCUT2D eigenvalue weighted by Gasteiger charge is -2.24. The molecule has 0 heterocycles. The molecular weight excluding hydrogens is 311 g/mol. The highest BCUT2D eigenvalue weighted by Gasteiger charge is 2.20. The van der Waals surface area contributed by atoms with Gasteiger partial charge in [0.05, 0.1) is 10.6 Å². The van der Waals surface area contributed by atoms with Gasteiger partial charge in [-0.15, -0.1) is 0 Å². The molecule has 1 unspecified atom stereocenters. The molecule has 0 N–H and O–H groups in total. The molecule has 4 heteroatoms. The van der Waals surface area contributed by atoms with E-state index in [-0.39, 0.29) is 10.6 Å². The number of rotatable bonds is 5. The molecule has 2 aromatic carbocycles. The van der Waals surface area contributed by atoms with E-state index in [0.717, 1.165) is 25.7 Å². The minimum atomic E-state index is -3.31. The predicted molar refractivity (Wildman–Crippen MR) is 89.6 cm³/mol. The Morgan fingerprint density at radius 3 is 2.43 bits per heavy atom. The van der Waals surface area contributed by atoms with Crippen LogP contribution in [0.4, 0.5) is 4.39 Å². The SMILES string of the molecule is O=S(=O)(CCCC1CCc2ccccc2C1)c1ccc(F)cc1. The lowest BCUT2D eigenvalue weighted by atomic mass is 9.82. The second-order valence-corrected chi connectivity index (χ2v) is 8.40. The van der Waals surface area contributed by atoms with E-state index in [0.29, 0.717) is 12.3 Å². The third kappa shape index (κ3) is 3.99. The maximum absolute atomic E-state index is 12.9. The number of fused-ring (bicyclic) bond motifs is 1. The largest absolute Gasteiger partial charge is 0.224 e. The van der Waals surface area contributed by atoms with Gasteiger partial charge < -0.3 is 0 Å². The van der Waals surface area contributed by atoms with Crippen molar-refractivity contribution in [2.75, 3.05) is 5.75 Å². The normalized spacial score (nSPS) is 17.7. The van der Waals surface area contributed by atoms with Crippen LogP contribution >= 0.6 is 0 Å². The first kappa shape index (κ1) is 16.2. The number of hydrogen-bond donors (Lipinski definition) is 0. The van der Waals surface area contributed by atoms with Gasteiger partial charge in [0.25, 0.3) is 0 Å². The maximum Gasteiger partial charge on any atom is 0.178 e. The fraction of sp³-hybridized carbons (Fsp3) is 0.368. The molecule has 3 rings (SSSR count). The van der Waals surface area contributed by atoms with Gasteiger partial charge in [0, 0.05) is 0 Å². The lowest BCUT2D eigenvalue weighted by Crippen LogP contribution is -2.16. The van der Waals surface area contributed by atoms with Crippen molar-refractivity contribution in [2.45, 2.75) is 37.0 Å². The summed E-state index contributed by atoms with van der Waals surface area (Å²) in [6, 6.07) is 13.6. The van der Waals surface area contributed by atoms with Crippen molar-refractivity contribution in [3.63, 3.8) is 0 Å². The highest BCUT2D eigenvalue weighted by molar-refractivity contribution is 7.91. The summed E-state index contributed by atoms with van der Waals surface area (Å²) in [5.41, 5.74) is 2.84. The summed E-state index contributed by atoms with van der Waals surface area (Å²) in [6.07, 6.45) is 4.85. The lowest BCUT2D eigenvalue weighted by molar-refractivity contribution is 0.422. The Morgan fingerprint density at radius 1 is 1.00 bits per heavy atom. The van der Waals surface area contributed by atoms with E-state index in [1.807, 2.05) is 0 Å². The first-order chi connectivity index (χ1) is 11.0. The number of sulfone groups is 1. The van der Waals surface area contributed by atoms with Gasteiger partial charge in [0.15, 0.2) is 9.84 Å². The number of halogens is 1. The van der Waals surface area contributed by atoms with E-state index in [2.05, 4.69) is 24.3 Å². The molecule has 1 atom stereocenters. The maximum atomic E-state index is 12.9. The average molecular weight is 332 g/mol. The third-order valence-electron chi connectivity index (χ3n) is 4.65. The summed E-state index contributed by atoms with van der Waals surface area (Å²) in [4.78, 5) is 0.216. The summed E-state index contributed by atoms with van der Waals surface area (Å²) in [6.45, 7) is 0. The number of hydrogen-bond acceptors (Lipinski definition) is 2. The van der Waals surface area contributed by atoms with Crippen LogP contribution in [-0.4, -0.2) is 14.2 Å². The molecule has 1 aliphatic rings. The molecule has 122 valence electrons. The zero-order valence-corrected chi connectivity index (χ0v) is 13.9. The highest BCUT2D eigenvalue weighted by Crippen LogP contribution is 2.28. The second kappa shape index (κ2) is 6.83. The molecule has 23 heavy (non-hydrogen) atoms. The molecule has 2 aromatic rings. The van der Waals surface area contributed by atoms with E-state index < -0.39 is 15.7 Å². The first-order valence-corrected chi connectivity index (χ1v) is 9.75. The fourth-order valence-electron chi connectivity index (χ4n) is 3.34. The van der Waals surface area contributed by atoms with Crippen molar-refractivity contribution in [3.05, 3.63) is 65.5 Å². The Labute approximate surface area is 137 Å². The minimum absolute atomic E-state index is 0.136. The van der Waals surface area contributed by atoms with Crippen LogP contribution < -0.4 is 0 Å². The topological polar surface area (TPSA) is 34.1 Å². The molecule has 1 aliphatic carbocycles. The average Bonchev–Trinajstić information content (AvgIpc) is 2.55. The summed E-state index contributed by atoms with van der Waals surface area (Å²) in [5.74, 6) is 0.287. The van der Waals surface area contributed by atoms with E-state index in [1.165, 1.54) is 35.4 Å². The van der Waals surface area contributed by atoms with Gasteiger partial charge in [-0.05, 0) is 73.4 Å². The molecule has 0 saturated heterocycles. The van der Waals surface area contributed by atoms with Crippen molar-refractivity contribution in [1.82, 2.24) is 0 Å². The fourth-order valence-corrected chi connectivity index (χ4v) is 4.67. The number of benzene rings is 2. The Kier molecular flexibility index (Phi) is 4.81.